The van der Waals surface area contributed by atoms with E-state index >= 15 is 0 Å². The fraction of sp³-hybridized carbons (Fsp3) is 0.250. The van der Waals surface area contributed by atoms with Crippen LogP contribution in [0.2, 0.25) is 0 Å². The van der Waals surface area contributed by atoms with Gasteiger partial charge in [-0.25, -0.2) is 0 Å². The number of phenolic OH excluding ortho intramolecular Hbond substituents is 1. The molecule has 3 nitrogen and oxygen atoms in total. The van der Waals surface area contributed by atoms with Crippen LogP contribution in [0.5, 0.6) is 5.75 Å². The van der Waals surface area contributed by atoms with Crippen LogP contribution in [-0.4, -0.2) is 44.1 Å². The molecule has 12 heavy (non-hydrogen) atoms. The van der Waals surface area contributed by atoms with Gasteiger partial charge in [-0.15, -0.1) is 0 Å². The van der Waals surface area contributed by atoms with Crippen molar-refractivity contribution >= 4 is 27.3 Å². The molecular formula is C8H13NO2Pb. The summed E-state index contributed by atoms with van der Waals surface area (Å²) in [5.41, 5.74) is 5.96. The maximum atomic E-state index is 9.21. The molecule has 1 aromatic carbocycles. The van der Waals surface area contributed by atoms with Crippen molar-refractivity contribution in [2.24, 2.45) is 5.73 Å². The van der Waals surface area contributed by atoms with Crippen LogP contribution in [0, 0.1) is 0 Å². The van der Waals surface area contributed by atoms with E-state index in [1.165, 1.54) is 12.1 Å². The summed E-state index contributed by atoms with van der Waals surface area (Å²) < 4.78 is 0. The summed E-state index contributed by atoms with van der Waals surface area (Å²) in [6, 6.07) is 6.34. The fourth-order valence-electron chi connectivity index (χ4n) is 0.833. The normalized spacial score (nSPS) is 11.8. The third-order valence-electron chi connectivity index (χ3n) is 1.50. The number of aliphatic hydroxyl groups excluding tert-OH is 1. The zero-order valence-electron chi connectivity index (χ0n) is 6.77. The van der Waals surface area contributed by atoms with E-state index in [1.807, 2.05) is 0 Å². The van der Waals surface area contributed by atoms with E-state index in [9.17, 15) is 5.11 Å². The first-order chi connectivity index (χ1) is 5.24. The second-order valence-electron chi connectivity index (χ2n) is 2.34. The van der Waals surface area contributed by atoms with Crippen LogP contribution >= 0.6 is 0 Å². The summed E-state index contributed by atoms with van der Waals surface area (Å²) >= 11 is 0. The van der Waals surface area contributed by atoms with E-state index < -0.39 is 6.10 Å². The van der Waals surface area contributed by atoms with Gasteiger partial charge in [0.05, 0.1) is 6.10 Å². The van der Waals surface area contributed by atoms with E-state index in [2.05, 4.69) is 0 Å². The standard InChI is InChI=1S/C8H11NO2.Pb.2H/c9-5-8(11)6-1-3-7(10)4-2-6;;;/h1-4,8,10-11H,5,9H2;;;. The summed E-state index contributed by atoms with van der Waals surface area (Å²) in [6.45, 7) is 0.199. The van der Waals surface area contributed by atoms with E-state index in [-0.39, 0.29) is 39.6 Å². The van der Waals surface area contributed by atoms with Gasteiger partial charge in [0.15, 0.2) is 0 Å². The number of benzene rings is 1. The molecule has 0 heterocycles. The van der Waals surface area contributed by atoms with Crippen molar-refractivity contribution < 1.29 is 10.2 Å². The van der Waals surface area contributed by atoms with Crippen molar-refractivity contribution in [3.05, 3.63) is 29.8 Å². The number of rotatable bonds is 2. The Labute approximate surface area is 91.4 Å². The zero-order chi connectivity index (χ0) is 8.27. The Balaban J connectivity index is 0.00000121. The SMILES string of the molecule is NCC(O)c1ccc(O)cc1.[PbH2]. The van der Waals surface area contributed by atoms with E-state index in [0.717, 1.165) is 5.56 Å². The Bertz CT molecular complexity index is 225. The second-order valence-corrected chi connectivity index (χ2v) is 2.34. The van der Waals surface area contributed by atoms with Crippen molar-refractivity contribution in [2.45, 2.75) is 6.10 Å². The molecule has 0 amide bonds. The Morgan fingerprint density at radius 2 is 1.75 bits per heavy atom. The van der Waals surface area contributed by atoms with Crippen LogP contribution in [0.15, 0.2) is 24.3 Å². The van der Waals surface area contributed by atoms with Crippen molar-refractivity contribution in [2.75, 3.05) is 6.54 Å². The quantitative estimate of drug-likeness (QED) is 0.620. The molecule has 4 N–H and O–H groups in total. The number of aliphatic hydroxyl groups is 1. The topological polar surface area (TPSA) is 66.5 Å². The maximum absolute atomic E-state index is 9.21. The molecule has 4 heteroatoms. The van der Waals surface area contributed by atoms with Crippen LogP contribution < -0.4 is 5.73 Å². The van der Waals surface area contributed by atoms with Crippen molar-refractivity contribution in [3.63, 3.8) is 0 Å². The molecule has 0 aliphatic carbocycles. The Morgan fingerprint density at radius 1 is 1.25 bits per heavy atom. The molecule has 66 valence electrons. The average molecular weight is 362 g/mol. The zero-order valence-corrected chi connectivity index (χ0v) is 12.3. The van der Waals surface area contributed by atoms with Gasteiger partial charge in [-0.05, 0) is 17.7 Å². The monoisotopic (exact) mass is 363 g/mol. The van der Waals surface area contributed by atoms with Crippen molar-refractivity contribution in [1.82, 2.24) is 0 Å². The van der Waals surface area contributed by atoms with Crippen LogP contribution in [0.1, 0.15) is 11.7 Å². The molecular weight excluding hydrogens is 349 g/mol. The molecule has 1 atom stereocenters. The van der Waals surface area contributed by atoms with Gasteiger partial charge in [0.2, 0.25) is 0 Å². The predicted octanol–water partition coefficient (Wildman–Crippen LogP) is -0.532. The number of hydrogen-bond donors (Lipinski definition) is 3. The third-order valence-corrected chi connectivity index (χ3v) is 1.50. The molecule has 1 aromatic rings. The summed E-state index contributed by atoms with van der Waals surface area (Å²) in [7, 11) is 0. The fourth-order valence-corrected chi connectivity index (χ4v) is 0.833. The van der Waals surface area contributed by atoms with Gasteiger partial charge in [0.1, 0.15) is 5.75 Å². The van der Waals surface area contributed by atoms with Crippen molar-refractivity contribution in [1.29, 1.82) is 0 Å². The summed E-state index contributed by atoms with van der Waals surface area (Å²) in [5, 5.41) is 18.1. The third kappa shape index (κ3) is 3.08. The molecule has 0 aliphatic heterocycles. The summed E-state index contributed by atoms with van der Waals surface area (Å²) in [5.74, 6) is 0.193. The summed E-state index contributed by atoms with van der Waals surface area (Å²) in [4.78, 5) is 0. The van der Waals surface area contributed by atoms with Crippen LogP contribution in [0.4, 0.5) is 0 Å². The second kappa shape index (κ2) is 5.50. The molecule has 0 spiro atoms. The molecule has 0 saturated carbocycles. The van der Waals surface area contributed by atoms with Gasteiger partial charge in [0.25, 0.3) is 0 Å². The first-order valence-corrected chi connectivity index (χ1v) is 3.41. The van der Waals surface area contributed by atoms with Gasteiger partial charge >= 0.3 is 27.3 Å². The molecule has 1 unspecified atom stereocenters. The van der Waals surface area contributed by atoms with Gasteiger partial charge in [-0.2, -0.15) is 0 Å². The average Bonchev–Trinajstić information content (AvgIpc) is 2.05. The number of phenols is 1. The molecule has 1 rings (SSSR count). The molecule has 0 aromatic heterocycles. The van der Waals surface area contributed by atoms with E-state index in [4.69, 9.17) is 10.8 Å². The van der Waals surface area contributed by atoms with Crippen LogP contribution in [0.25, 0.3) is 0 Å². The molecule has 0 saturated heterocycles. The molecule has 2 radical (unpaired) electrons. The number of nitrogens with two attached hydrogens (primary N) is 1. The van der Waals surface area contributed by atoms with E-state index in [1.54, 1.807) is 12.1 Å². The first-order valence-electron chi connectivity index (χ1n) is 3.41. The van der Waals surface area contributed by atoms with Gasteiger partial charge in [0, 0.05) is 6.54 Å². The summed E-state index contributed by atoms with van der Waals surface area (Å²) in [6.07, 6.45) is -0.629. The number of aromatic hydroxyl groups is 1. The molecule has 0 bridgehead atoms. The van der Waals surface area contributed by atoms with Crippen molar-refractivity contribution in [3.8, 4) is 5.75 Å². The Morgan fingerprint density at radius 3 is 2.17 bits per heavy atom. The predicted molar refractivity (Wildman–Crippen MR) is 50.7 cm³/mol. The molecule has 0 aliphatic rings. The minimum absolute atomic E-state index is 0. The molecule has 0 fully saturated rings. The van der Waals surface area contributed by atoms with Gasteiger partial charge in [-0.1, -0.05) is 12.1 Å². The number of hydrogen-bond acceptors (Lipinski definition) is 3. The Hall–Kier alpha value is -0.138. The van der Waals surface area contributed by atoms with Gasteiger partial charge in [-0.3, -0.25) is 0 Å². The van der Waals surface area contributed by atoms with Crippen LogP contribution in [-0.2, 0) is 0 Å². The Kier molecular flexibility index (Phi) is 5.43. The van der Waals surface area contributed by atoms with Crippen LogP contribution in [0.3, 0.4) is 0 Å². The minimum atomic E-state index is -0.629. The van der Waals surface area contributed by atoms with E-state index in [0.29, 0.717) is 0 Å². The van der Waals surface area contributed by atoms with Gasteiger partial charge < -0.3 is 15.9 Å². The first kappa shape index (κ1) is 11.9.